The molecule has 1 aromatic heterocycles. The summed E-state index contributed by atoms with van der Waals surface area (Å²) >= 11 is 0. The first-order valence-electron chi connectivity index (χ1n) is 11.0. The van der Waals surface area contributed by atoms with Gasteiger partial charge in [-0.15, -0.1) is 0 Å². The van der Waals surface area contributed by atoms with E-state index in [1.54, 1.807) is 10.9 Å². The van der Waals surface area contributed by atoms with Crippen LogP contribution in [0.4, 0.5) is 5.69 Å². The number of rotatable bonds is 4. The summed E-state index contributed by atoms with van der Waals surface area (Å²) in [6, 6.07) is 0. The van der Waals surface area contributed by atoms with E-state index in [4.69, 9.17) is 4.74 Å². The first-order chi connectivity index (χ1) is 14.1. The van der Waals surface area contributed by atoms with Crippen molar-refractivity contribution in [1.29, 1.82) is 0 Å². The summed E-state index contributed by atoms with van der Waals surface area (Å²) in [6.07, 6.45) is 8.51. The second-order valence-electron chi connectivity index (χ2n) is 9.14. The summed E-state index contributed by atoms with van der Waals surface area (Å²) in [5.41, 5.74) is 0.393. The Bertz CT molecular complexity index is 775. The molecule has 0 aromatic carbocycles. The number of piperidine rings is 1. The van der Waals surface area contributed by atoms with Crippen LogP contribution in [0, 0.1) is 11.8 Å². The van der Waals surface area contributed by atoms with Crippen LogP contribution < -0.4 is 4.90 Å². The molecule has 1 spiro atoms. The van der Waals surface area contributed by atoms with Crippen LogP contribution in [0.15, 0.2) is 12.4 Å². The molecule has 3 saturated heterocycles. The Morgan fingerprint density at radius 1 is 1.21 bits per heavy atom. The summed E-state index contributed by atoms with van der Waals surface area (Å²) < 4.78 is 7.15. The molecular weight excluding hydrogens is 370 g/mol. The number of likely N-dealkylation sites (tertiary alicyclic amines) is 1. The molecule has 5 rings (SSSR count). The van der Waals surface area contributed by atoms with Gasteiger partial charge in [0.25, 0.3) is 0 Å². The van der Waals surface area contributed by atoms with Gasteiger partial charge in [0.2, 0.25) is 11.8 Å². The van der Waals surface area contributed by atoms with E-state index in [0.717, 1.165) is 31.1 Å². The van der Waals surface area contributed by atoms with Crippen LogP contribution in [0.5, 0.6) is 0 Å². The SMILES string of the molecule is Cn1cc(N2CCN(CC3CC3)C3(CCN(C(=O)C4CCOC4)CC3)C2=O)cn1. The molecule has 8 nitrogen and oxygen atoms in total. The number of ether oxygens (including phenoxy) is 1. The minimum atomic E-state index is -0.486. The van der Waals surface area contributed by atoms with Gasteiger partial charge < -0.3 is 14.5 Å². The number of hydrogen-bond donors (Lipinski definition) is 0. The van der Waals surface area contributed by atoms with Crippen molar-refractivity contribution in [2.75, 3.05) is 50.8 Å². The summed E-state index contributed by atoms with van der Waals surface area (Å²) in [6.45, 7) is 5.15. The molecule has 4 fully saturated rings. The summed E-state index contributed by atoms with van der Waals surface area (Å²) in [4.78, 5) is 32.9. The van der Waals surface area contributed by atoms with E-state index < -0.39 is 5.54 Å². The van der Waals surface area contributed by atoms with Gasteiger partial charge >= 0.3 is 0 Å². The van der Waals surface area contributed by atoms with Crippen molar-refractivity contribution in [3.8, 4) is 0 Å². The lowest BCUT2D eigenvalue weighted by molar-refractivity contribution is -0.146. The van der Waals surface area contributed by atoms with Crippen LogP contribution in [0.2, 0.25) is 0 Å². The van der Waals surface area contributed by atoms with Crippen molar-refractivity contribution in [3.63, 3.8) is 0 Å². The molecule has 1 saturated carbocycles. The molecule has 1 atom stereocenters. The van der Waals surface area contributed by atoms with Crippen molar-refractivity contribution in [2.45, 2.75) is 37.6 Å². The third kappa shape index (κ3) is 3.46. The van der Waals surface area contributed by atoms with E-state index in [1.807, 2.05) is 23.0 Å². The molecule has 8 heteroatoms. The number of aryl methyl sites for hydroxylation is 1. The molecule has 2 amide bonds. The van der Waals surface area contributed by atoms with Gasteiger partial charge in [0.05, 0.1) is 24.4 Å². The predicted molar refractivity (Wildman–Crippen MR) is 107 cm³/mol. The lowest BCUT2D eigenvalue weighted by Crippen LogP contribution is -2.69. The van der Waals surface area contributed by atoms with Crippen LogP contribution in [0.25, 0.3) is 0 Å². The van der Waals surface area contributed by atoms with E-state index in [2.05, 4.69) is 10.00 Å². The van der Waals surface area contributed by atoms with E-state index in [1.165, 1.54) is 12.8 Å². The molecule has 158 valence electrons. The topological polar surface area (TPSA) is 70.9 Å². The standard InChI is InChI=1S/C21H31N5O3/c1-23-14-18(12-22-23)26-10-9-25(13-16-2-3-16)21(20(26)28)5-7-24(8-6-21)19(27)17-4-11-29-15-17/h12,14,16-17H,2-11,13,15H2,1H3. The average molecular weight is 402 g/mol. The number of aromatic nitrogens is 2. The van der Waals surface area contributed by atoms with Crippen molar-refractivity contribution in [2.24, 2.45) is 18.9 Å². The highest BCUT2D eigenvalue weighted by Crippen LogP contribution is 2.40. The molecule has 3 aliphatic heterocycles. The van der Waals surface area contributed by atoms with E-state index in [9.17, 15) is 9.59 Å². The Morgan fingerprint density at radius 2 is 2.00 bits per heavy atom. The van der Waals surface area contributed by atoms with Gasteiger partial charge in [-0.2, -0.15) is 5.10 Å². The highest BCUT2D eigenvalue weighted by molar-refractivity contribution is 6.01. The van der Waals surface area contributed by atoms with Crippen molar-refractivity contribution in [1.82, 2.24) is 19.6 Å². The van der Waals surface area contributed by atoms with Crippen molar-refractivity contribution >= 4 is 17.5 Å². The van der Waals surface area contributed by atoms with E-state index in [-0.39, 0.29) is 17.7 Å². The zero-order valence-electron chi connectivity index (χ0n) is 17.3. The van der Waals surface area contributed by atoms with Crippen LogP contribution in [-0.2, 0) is 21.4 Å². The maximum absolute atomic E-state index is 13.8. The van der Waals surface area contributed by atoms with Crippen LogP contribution in [-0.4, -0.2) is 82.9 Å². The molecule has 0 N–H and O–H groups in total. The highest BCUT2D eigenvalue weighted by Gasteiger charge is 2.52. The minimum absolute atomic E-state index is 0.000524. The van der Waals surface area contributed by atoms with Gasteiger partial charge in [0, 0.05) is 52.6 Å². The fourth-order valence-electron chi connectivity index (χ4n) is 5.21. The van der Waals surface area contributed by atoms with Gasteiger partial charge in [-0.25, -0.2) is 0 Å². The maximum atomic E-state index is 13.8. The minimum Gasteiger partial charge on any atom is -0.381 e. The Labute approximate surface area is 171 Å². The molecule has 0 bridgehead atoms. The Kier molecular flexibility index (Phi) is 4.86. The van der Waals surface area contributed by atoms with Crippen molar-refractivity contribution in [3.05, 3.63) is 12.4 Å². The van der Waals surface area contributed by atoms with E-state index in [0.29, 0.717) is 45.7 Å². The van der Waals surface area contributed by atoms with Crippen LogP contribution in [0.1, 0.15) is 32.1 Å². The van der Waals surface area contributed by atoms with Crippen LogP contribution >= 0.6 is 0 Å². The molecule has 0 radical (unpaired) electrons. The lowest BCUT2D eigenvalue weighted by Gasteiger charge is -2.53. The molecule has 1 unspecified atom stereocenters. The molecule has 4 heterocycles. The summed E-state index contributed by atoms with van der Waals surface area (Å²) in [5, 5.41) is 4.26. The summed E-state index contributed by atoms with van der Waals surface area (Å²) in [7, 11) is 1.88. The fraction of sp³-hybridized carbons (Fsp3) is 0.762. The van der Waals surface area contributed by atoms with Gasteiger partial charge in [-0.3, -0.25) is 19.2 Å². The second-order valence-corrected chi connectivity index (χ2v) is 9.14. The number of carbonyl (C=O) groups is 2. The Hall–Kier alpha value is -1.93. The lowest BCUT2D eigenvalue weighted by atomic mass is 9.81. The first kappa shape index (κ1) is 19.1. The molecule has 29 heavy (non-hydrogen) atoms. The number of carbonyl (C=O) groups excluding carboxylic acids is 2. The van der Waals surface area contributed by atoms with Gasteiger partial charge in [0.15, 0.2) is 0 Å². The monoisotopic (exact) mass is 401 g/mol. The zero-order valence-corrected chi connectivity index (χ0v) is 17.3. The van der Waals surface area contributed by atoms with Crippen molar-refractivity contribution < 1.29 is 14.3 Å². The molecule has 1 aromatic rings. The Balaban J connectivity index is 1.35. The fourth-order valence-corrected chi connectivity index (χ4v) is 5.21. The van der Waals surface area contributed by atoms with Gasteiger partial charge in [0.1, 0.15) is 5.54 Å². The first-order valence-corrected chi connectivity index (χ1v) is 11.0. The average Bonchev–Trinajstić information content (AvgIpc) is 3.19. The third-order valence-electron chi connectivity index (χ3n) is 7.20. The zero-order chi connectivity index (χ0) is 20.0. The maximum Gasteiger partial charge on any atom is 0.247 e. The van der Waals surface area contributed by atoms with Gasteiger partial charge in [-0.1, -0.05) is 0 Å². The molecule has 1 aliphatic carbocycles. The van der Waals surface area contributed by atoms with Gasteiger partial charge in [-0.05, 0) is 38.0 Å². The highest BCUT2D eigenvalue weighted by atomic mass is 16.5. The summed E-state index contributed by atoms with van der Waals surface area (Å²) in [5.74, 6) is 1.13. The van der Waals surface area contributed by atoms with E-state index >= 15 is 0 Å². The van der Waals surface area contributed by atoms with Crippen LogP contribution in [0.3, 0.4) is 0 Å². The smallest absolute Gasteiger partial charge is 0.247 e. The predicted octanol–water partition coefficient (Wildman–Crippen LogP) is 0.876. The normalized spacial score (nSPS) is 27.8. The third-order valence-corrected chi connectivity index (χ3v) is 7.20. The molecule has 4 aliphatic rings. The number of anilines is 1. The Morgan fingerprint density at radius 3 is 2.62 bits per heavy atom. The quantitative estimate of drug-likeness (QED) is 0.749. The second kappa shape index (κ2) is 7.40. The largest absolute Gasteiger partial charge is 0.381 e. The number of hydrogen-bond acceptors (Lipinski definition) is 5. The number of piperazine rings is 1. The number of amides is 2. The molecular formula is C21H31N5O3. The number of nitrogens with zero attached hydrogens (tertiary/aromatic N) is 5.